The molecule has 0 aliphatic heterocycles. The topological polar surface area (TPSA) is 44.8 Å². The molecule has 4 nitrogen and oxygen atoms in total. The summed E-state index contributed by atoms with van der Waals surface area (Å²) in [6, 6.07) is 8.56. The molecule has 1 unspecified atom stereocenters. The number of hydrogen-bond acceptors (Lipinski definition) is 4. The van der Waals surface area contributed by atoms with Crippen molar-refractivity contribution in [2.45, 2.75) is 20.8 Å². The molecule has 0 saturated heterocycles. The van der Waals surface area contributed by atoms with Gasteiger partial charge in [0, 0.05) is 31.0 Å². The second-order valence-electron chi connectivity index (χ2n) is 5.14. The van der Waals surface area contributed by atoms with Crippen molar-refractivity contribution in [1.82, 2.24) is 0 Å². The van der Waals surface area contributed by atoms with Crippen LogP contribution in [0.25, 0.3) is 0 Å². The fraction of sp³-hybridized carbons (Fsp3) is 0.316. The van der Waals surface area contributed by atoms with Crippen LogP contribution in [0, 0.1) is 0 Å². The summed E-state index contributed by atoms with van der Waals surface area (Å²) in [5.41, 5.74) is 0.139. The van der Waals surface area contributed by atoms with E-state index in [1.54, 1.807) is 30.3 Å². The number of ether oxygens (including phenoxy) is 3. The Hall–Kier alpha value is -0.883. The number of benzene rings is 2. The van der Waals surface area contributed by atoms with Gasteiger partial charge < -0.3 is 14.2 Å². The van der Waals surface area contributed by atoms with Gasteiger partial charge in [0.2, 0.25) is 0 Å². The number of halogens is 2. The van der Waals surface area contributed by atoms with Crippen molar-refractivity contribution < 1.29 is 19.0 Å². The maximum atomic E-state index is 12.9. The van der Waals surface area contributed by atoms with Crippen LogP contribution in [0.5, 0.6) is 17.2 Å². The molecule has 0 amide bonds. The van der Waals surface area contributed by atoms with E-state index in [-0.39, 0.29) is 33.0 Å². The van der Waals surface area contributed by atoms with Gasteiger partial charge in [-0.3, -0.25) is 4.79 Å². The van der Waals surface area contributed by atoms with Crippen molar-refractivity contribution in [2.24, 2.45) is 0 Å². The van der Waals surface area contributed by atoms with Gasteiger partial charge in [0.05, 0.1) is 40.7 Å². The normalized spacial score (nSPS) is 10.6. The first-order chi connectivity index (χ1) is 12.5. The van der Waals surface area contributed by atoms with E-state index in [0.717, 1.165) is 0 Å². The van der Waals surface area contributed by atoms with Crippen molar-refractivity contribution in [3.05, 3.63) is 45.9 Å². The zero-order valence-corrected chi connectivity index (χ0v) is 18.4. The van der Waals surface area contributed by atoms with Crippen LogP contribution >= 0.6 is 31.8 Å². The van der Waals surface area contributed by atoms with Gasteiger partial charge in [0.25, 0.3) is 0 Å². The Labute approximate surface area is 183 Å². The van der Waals surface area contributed by atoms with Crippen molar-refractivity contribution in [3.8, 4) is 17.2 Å². The van der Waals surface area contributed by atoms with E-state index in [1.807, 2.05) is 20.8 Å². The van der Waals surface area contributed by atoms with Crippen LogP contribution in [0.1, 0.15) is 31.1 Å². The molecular formula is C19H21Cl2LiO4P. The Morgan fingerprint density at radius 1 is 0.926 bits per heavy atom. The number of carbonyl (C=O) groups is 1. The van der Waals surface area contributed by atoms with Crippen LogP contribution in [0.15, 0.2) is 30.3 Å². The van der Waals surface area contributed by atoms with Gasteiger partial charge in [0.15, 0.2) is 5.52 Å². The van der Waals surface area contributed by atoms with E-state index in [1.165, 1.54) is 0 Å². The summed E-state index contributed by atoms with van der Waals surface area (Å²) in [5, 5.41) is 1.34. The third-order valence-electron chi connectivity index (χ3n) is 3.38. The predicted molar refractivity (Wildman–Crippen MR) is 114 cm³/mol. The second kappa shape index (κ2) is 11.8. The first-order valence-electron chi connectivity index (χ1n) is 8.33. The molecule has 1 radical (unpaired) electrons. The average molecular weight is 422 g/mol. The molecule has 0 heterocycles. The summed E-state index contributed by atoms with van der Waals surface area (Å²) in [6.45, 7) is 7.10. The molecule has 0 aliphatic carbocycles. The maximum Gasteiger partial charge on any atom is 0.188 e. The van der Waals surface area contributed by atoms with Gasteiger partial charge in [-0.2, -0.15) is 0 Å². The van der Waals surface area contributed by atoms with Crippen molar-refractivity contribution in [2.75, 3.05) is 19.8 Å². The largest absolute Gasteiger partial charge is 0.494 e. The number of hydrogen-bond donors (Lipinski definition) is 0. The standard InChI is InChI=1S/C19H21Cl2O4P.Li/c1-4-23-12-10-15(24-5-2)18(16(11-12)25-6-3)26-19(22)17-13(20)8-7-9-14(17)21;/h7-11,26H,4-6H2,1-3H3;. The van der Waals surface area contributed by atoms with Gasteiger partial charge >= 0.3 is 0 Å². The summed E-state index contributed by atoms with van der Waals surface area (Å²) in [5.74, 6) is 1.77. The first-order valence-corrected chi connectivity index (χ1v) is 10.1. The van der Waals surface area contributed by atoms with E-state index in [4.69, 9.17) is 37.4 Å². The third-order valence-corrected chi connectivity index (χ3v) is 5.23. The third kappa shape index (κ3) is 6.31. The Kier molecular flexibility index (Phi) is 10.6. The zero-order chi connectivity index (χ0) is 19.1. The Bertz CT molecular complexity index is 739. The zero-order valence-electron chi connectivity index (χ0n) is 15.9. The Morgan fingerprint density at radius 3 is 1.85 bits per heavy atom. The Morgan fingerprint density at radius 2 is 1.41 bits per heavy atom. The van der Waals surface area contributed by atoms with E-state index < -0.39 is 0 Å². The molecule has 8 heteroatoms. The fourth-order valence-corrected chi connectivity index (χ4v) is 4.25. The molecule has 0 fully saturated rings. The Balaban J connectivity index is 0.00000364. The predicted octanol–water partition coefficient (Wildman–Crippen LogP) is 4.95. The molecule has 0 aliphatic rings. The molecule has 2 rings (SSSR count). The summed E-state index contributed by atoms with van der Waals surface area (Å²) >= 11 is 12.4. The quantitative estimate of drug-likeness (QED) is 0.424. The molecule has 27 heavy (non-hydrogen) atoms. The minimum absolute atomic E-state index is 0. The fourth-order valence-electron chi connectivity index (χ4n) is 2.37. The number of carbonyl (C=O) groups excluding carboxylic acids is 1. The van der Waals surface area contributed by atoms with Crippen LogP contribution in [-0.4, -0.2) is 44.2 Å². The van der Waals surface area contributed by atoms with Gasteiger partial charge in [0.1, 0.15) is 17.2 Å². The minimum Gasteiger partial charge on any atom is -0.494 e. The second-order valence-corrected chi connectivity index (χ2v) is 7.16. The monoisotopic (exact) mass is 421 g/mol. The average Bonchev–Trinajstić information content (AvgIpc) is 2.58. The van der Waals surface area contributed by atoms with E-state index in [2.05, 4.69) is 0 Å². The SMILES string of the molecule is CCOc1cc(OCC)c(PC(=O)c2c(Cl)cccc2Cl)c(OCC)c1.[Li]. The van der Waals surface area contributed by atoms with Crippen LogP contribution in [0.4, 0.5) is 0 Å². The van der Waals surface area contributed by atoms with Crippen molar-refractivity contribution in [3.63, 3.8) is 0 Å². The smallest absolute Gasteiger partial charge is 0.188 e. The summed E-state index contributed by atoms with van der Waals surface area (Å²) < 4.78 is 17.1. The molecule has 0 spiro atoms. The van der Waals surface area contributed by atoms with Crippen LogP contribution in [0.3, 0.4) is 0 Å². The molecule has 141 valence electrons. The van der Waals surface area contributed by atoms with E-state index in [9.17, 15) is 4.79 Å². The van der Waals surface area contributed by atoms with Crippen LogP contribution < -0.4 is 19.5 Å². The molecule has 2 aromatic carbocycles. The number of rotatable bonds is 9. The molecule has 2 aromatic rings. The minimum atomic E-state index is -0.249. The summed E-state index contributed by atoms with van der Waals surface area (Å²) in [4.78, 5) is 12.9. The van der Waals surface area contributed by atoms with E-state index >= 15 is 0 Å². The van der Waals surface area contributed by atoms with Gasteiger partial charge in [-0.1, -0.05) is 29.3 Å². The van der Waals surface area contributed by atoms with Crippen LogP contribution in [0.2, 0.25) is 10.0 Å². The summed E-state index contributed by atoms with van der Waals surface area (Å²) in [7, 11) is -0.249. The van der Waals surface area contributed by atoms with Gasteiger partial charge in [-0.25, -0.2) is 0 Å². The molecule has 0 N–H and O–H groups in total. The maximum absolute atomic E-state index is 12.9. The van der Waals surface area contributed by atoms with Crippen molar-refractivity contribution >= 4 is 61.5 Å². The first kappa shape index (κ1) is 24.2. The molecule has 0 saturated carbocycles. The molecule has 0 bridgehead atoms. The molecule has 1 atom stereocenters. The van der Waals surface area contributed by atoms with Crippen molar-refractivity contribution in [1.29, 1.82) is 0 Å². The van der Waals surface area contributed by atoms with E-state index in [0.29, 0.717) is 58.0 Å². The molecule has 0 aromatic heterocycles. The molecular weight excluding hydrogens is 401 g/mol. The summed E-state index contributed by atoms with van der Waals surface area (Å²) in [6.07, 6.45) is 0. The van der Waals surface area contributed by atoms with Gasteiger partial charge in [-0.15, -0.1) is 0 Å². The van der Waals surface area contributed by atoms with Gasteiger partial charge in [-0.05, 0) is 41.5 Å². The van der Waals surface area contributed by atoms with Crippen LogP contribution in [-0.2, 0) is 0 Å².